The first-order valence-electron chi connectivity index (χ1n) is 11.0. The summed E-state index contributed by atoms with van der Waals surface area (Å²) in [6, 6.07) is 13.8. The topological polar surface area (TPSA) is 69.7 Å². The Morgan fingerprint density at radius 2 is 1.91 bits per heavy atom. The molecule has 0 saturated carbocycles. The quantitative estimate of drug-likeness (QED) is 0.651. The number of rotatable bonds is 8. The van der Waals surface area contributed by atoms with Gasteiger partial charge in [-0.05, 0) is 49.4 Å². The van der Waals surface area contributed by atoms with E-state index in [9.17, 15) is 17.6 Å². The number of piperidine rings is 1. The molecule has 1 saturated heterocycles. The lowest BCUT2D eigenvalue weighted by atomic mass is 9.99. The highest BCUT2D eigenvalue weighted by Crippen LogP contribution is 2.24. The van der Waals surface area contributed by atoms with Crippen LogP contribution >= 0.6 is 0 Å². The maximum Gasteiger partial charge on any atom is 0.235 e. The lowest BCUT2D eigenvalue weighted by Gasteiger charge is -2.33. The summed E-state index contributed by atoms with van der Waals surface area (Å²) in [5.41, 5.74) is 2.33. The number of benzene rings is 2. The van der Waals surface area contributed by atoms with Gasteiger partial charge in [0.1, 0.15) is 5.82 Å². The maximum atomic E-state index is 14.0. The smallest absolute Gasteiger partial charge is 0.235 e. The van der Waals surface area contributed by atoms with E-state index in [0.717, 1.165) is 29.2 Å². The Morgan fingerprint density at radius 1 is 1.22 bits per heavy atom. The lowest BCUT2D eigenvalue weighted by molar-refractivity contribution is -0.122. The summed E-state index contributed by atoms with van der Waals surface area (Å²) in [6.45, 7) is 5.66. The number of carbonyl (C=O) groups is 1. The summed E-state index contributed by atoms with van der Waals surface area (Å²) in [5, 5.41) is 2.85. The van der Waals surface area contributed by atoms with E-state index in [4.69, 9.17) is 0 Å². The second-order valence-corrected chi connectivity index (χ2v) is 10.7. The fourth-order valence-corrected chi connectivity index (χ4v) is 4.76. The van der Waals surface area contributed by atoms with Gasteiger partial charge in [-0.25, -0.2) is 12.8 Å². The summed E-state index contributed by atoms with van der Waals surface area (Å²) in [5.74, 6) is -0.255. The largest absolute Gasteiger partial charge is 0.371 e. The van der Waals surface area contributed by atoms with Gasteiger partial charge in [-0.3, -0.25) is 4.79 Å². The van der Waals surface area contributed by atoms with Gasteiger partial charge in [-0.15, -0.1) is 0 Å². The van der Waals surface area contributed by atoms with Crippen LogP contribution in [0.25, 0.3) is 0 Å². The number of carbonyl (C=O) groups excluding carboxylic acids is 1. The minimum Gasteiger partial charge on any atom is -0.371 e. The van der Waals surface area contributed by atoms with Crippen LogP contribution in [0.5, 0.6) is 0 Å². The van der Waals surface area contributed by atoms with Gasteiger partial charge < -0.3 is 10.2 Å². The van der Waals surface area contributed by atoms with Crippen LogP contribution in [0.15, 0.2) is 48.5 Å². The number of hydrogen-bond acceptors (Lipinski definition) is 4. The Balaban J connectivity index is 1.61. The van der Waals surface area contributed by atoms with Crippen LogP contribution in [-0.4, -0.2) is 44.5 Å². The van der Waals surface area contributed by atoms with Crippen molar-refractivity contribution >= 4 is 21.6 Å². The number of nitrogens with zero attached hydrogens (tertiary/aromatic N) is 2. The van der Waals surface area contributed by atoms with Crippen molar-refractivity contribution in [2.75, 3.05) is 30.8 Å². The molecule has 2 atom stereocenters. The third-order valence-corrected chi connectivity index (χ3v) is 7.08. The third-order valence-electron chi connectivity index (χ3n) is 5.89. The number of hydrogen-bond donors (Lipinski definition) is 1. The van der Waals surface area contributed by atoms with E-state index < -0.39 is 21.7 Å². The summed E-state index contributed by atoms with van der Waals surface area (Å²) in [4.78, 5) is 15.0. The fraction of sp³-hybridized carbons (Fsp3) is 0.458. The molecule has 2 aromatic carbocycles. The summed E-state index contributed by atoms with van der Waals surface area (Å²) in [6.07, 6.45) is 3.48. The summed E-state index contributed by atoms with van der Waals surface area (Å²) in [7, 11) is -3.70. The average molecular weight is 462 g/mol. The van der Waals surface area contributed by atoms with Gasteiger partial charge in [0.2, 0.25) is 15.9 Å². The Kier molecular flexibility index (Phi) is 7.90. The van der Waals surface area contributed by atoms with Crippen LogP contribution in [-0.2, 0) is 21.4 Å². The van der Waals surface area contributed by atoms with Gasteiger partial charge in [0, 0.05) is 30.9 Å². The Bertz CT molecular complexity index is 1030. The molecule has 32 heavy (non-hydrogen) atoms. The number of amides is 1. The van der Waals surface area contributed by atoms with Crippen LogP contribution in [0, 0.1) is 11.7 Å². The van der Waals surface area contributed by atoms with Gasteiger partial charge in [-0.2, -0.15) is 4.31 Å². The molecule has 1 heterocycles. The first kappa shape index (κ1) is 24.2. The highest BCUT2D eigenvalue weighted by atomic mass is 32.2. The van der Waals surface area contributed by atoms with Crippen LogP contribution in [0.2, 0.25) is 0 Å². The molecule has 0 aromatic heterocycles. The molecule has 0 aliphatic carbocycles. The predicted octanol–water partition coefficient (Wildman–Crippen LogP) is 3.70. The van der Waals surface area contributed by atoms with Crippen molar-refractivity contribution < 1.29 is 17.6 Å². The third kappa shape index (κ3) is 6.53. The minimum absolute atomic E-state index is 0.198. The monoisotopic (exact) mass is 461 g/mol. The first-order valence-corrected chi connectivity index (χ1v) is 12.8. The minimum atomic E-state index is -3.70. The van der Waals surface area contributed by atoms with Crippen LogP contribution in [0.1, 0.15) is 43.9 Å². The van der Waals surface area contributed by atoms with Crippen LogP contribution in [0.4, 0.5) is 10.1 Å². The maximum absolute atomic E-state index is 14.0. The van der Waals surface area contributed by atoms with E-state index in [1.165, 1.54) is 36.7 Å². The molecule has 0 spiro atoms. The molecule has 0 radical (unpaired) electrons. The molecule has 8 heteroatoms. The Morgan fingerprint density at radius 3 is 2.53 bits per heavy atom. The number of nitrogens with one attached hydrogen (secondary N) is 1. The van der Waals surface area contributed by atoms with Crippen LogP contribution in [0.3, 0.4) is 0 Å². The van der Waals surface area contributed by atoms with Gasteiger partial charge in [-0.1, -0.05) is 37.3 Å². The molecule has 0 bridgehead atoms. The second kappa shape index (κ2) is 10.4. The fourth-order valence-electron chi connectivity index (χ4n) is 4.04. The molecular formula is C24H32FN3O3S. The van der Waals surface area contributed by atoms with Crippen molar-refractivity contribution in [2.45, 2.75) is 39.3 Å². The van der Waals surface area contributed by atoms with Gasteiger partial charge in [0.25, 0.3) is 0 Å². The summed E-state index contributed by atoms with van der Waals surface area (Å²) < 4.78 is 39.3. The zero-order valence-electron chi connectivity index (χ0n) is 18.9. The molecule has 3 rings (SSSR count). The SMILES string of the molecule is C[C@H]1CCCN(c2ccc([C@H](C)NC(=O)CN(Cc3ccccc3F)S(C)(=O)=O)cc2)C1. The van der Waals surface area contributed by atoms with E-state index in [-0.39, 0.29) is 24.7 Å². The standard InChI is InChI=1S/C24H32FN3O3S/c1-18-7-6-14-27(15-18)22-12-10-20(11-13-22)19(2)26-24(29)17-28(32(3,30)31)16-21-8-4-5-9-23(21)25/h4-5,8-13,18-19H,6-7,14-17H2,1-3H3,(H,26,29)/t18-,19-/m0/s1. The highest BCUT2D eigenvalue weighted by molar-refractivity contribution is 7.88. The van der Waals surface area contributed by atoms with E-state index in [1.807, 2.05) is 19.1 Å². The van der Waals surface area contributed by atoms with Crippen molar-refractivity contribution in [1.82, 2.24) is 9.62 Å². The van der Waals surface area contributed by atoms with E-state index in [0.29, 0.717) is 5.92 Å². The van der Waals surface area contributed by atoms with Crippen molar-refractivity contribution in [3.8, 4) is 0 Å². The van der Waals surface area contributed by atoms with Crippen molar-refractivity contribution in [2.24, 2.45) is 5.92 Å². The molecular weight excluding hydrogens is 429 g/mol. The molecule has 1 aliphatic heterocycles. The van der Waals surface area contributed by atoms with Crippen molar-refractivity contribution in [3.05, 3.63) is 65.5 Å². The number of sulfonamides is 1. The molecule has 1 amide bonds. The zero-order chi connectivity index (χ0) is 23.3. The van der Waals surface area contributed by atoms with Crippen molar-refractivity contribution in [3.63, 3.8) is 0 Å². The van der Waals surface area contributed by atoms with E-state index in [2.05, 4.69) is 29.3 Å². The normalized spacial score (nSPS) is 17.9. The number of anilines is 1. The Labute approximate surface area is 190 Å². The highest BCUT2D eigenvalue weighted by Gasteiger charge is 2.23. The second-order valence-electron chi connectivity index (χ2n) is 8.70. The lowest BCUT2D eigenvalue weighted by Crippen LogP contribution is -2.40. The molecule has 1 N–H and O–H groups in total. The van der Waals surface area contributed by atoms with Crippen molar-refractivity contribution in [1.29, 1.82) is 0 Å². The molecule has 174 valence electrons. The average Bonchev–Trinajstić information content (AvgIpc) is 2.74. The zero-order valence-corrected chi connectivity index (χ0v) is 19.7. The molecule has 2 aromatic rings. The van der Waals surface area contributed by atoms with Gasteiger partial charge >= 0.3 is 0 Å². The molecule has 0 unspecified atom stereocenters. The van der Waals surface area contributed by atoms with Gasteiger partial charge in [0.05, 0.1) is 18.8 Å². The van der Waals surface area contributed by atoms with E-state index >= 15 is 0 Å². The molecule has 1 fully saturated rings. The van der Waals surface area contributed by atoms with Gasteiger partial charge in [0.15, 0.2) is 0 Å². The molecule has 1 aliphatic rings. The Hall–Kier alpha value is -2.45. The summed E-state index contributed by atoms with van der Waals surface area (Å²) >= 11 is 0. The number of halogens is 1. The molecule has 6 nitrogen and oxygen atoms in total. The first-order chi connectivity index (χ1) is 15.1. The van der Waals surface area contributed by atoms with E-state index in [1.54, 1.807) is 6.07 Å². The predicted molar refractivity (Wildman–Crippen MR) is 125 cm³/mol. The van der Waals surface area contributed by atoms with Crippen LogP contribution < -0.4 is 10.2 Å².